The molecule has 0 saturated heterocycles. The van der Waals surface area contributed by atoms with Gasteiger partial charge in [-0.2, -0.15) is 0 Å². The molecule has 6 heteroatoms. The highest BCUT2D eigenvalue weighted by atomic mass is 32.1. The number of aromatic nitrogens is 2. The van der Waals surface area contributed by atoms with E-state index >= 15 is 0 Å². The van der Waals surface area contributed by atoms with Crippen LogP contribution in [-0.4, -0.2) is 26.1 Å². The van der Waals surface area contributed by atoms with Crippen LogP contribution in [0.3, 0.4) is 0 Å². The number of para-hydroxylation sites is 1. The summed E-state index contributed by atoms with van der Waals surface area (Å²) in [7, 11) is -6.35. The van der Waals surface area contributed by atoms with Gasteiger partial charge in [-0.05, 0) is 84.0 Å². The van der Waals surface area contributed by atoms with Crippen molar-refractivity contribution in [3.05, 3.63) is 249 Å². The fourth-order valence-corrected chi connectivity index (χ4v) is 22.6. The Morgan fingerprint density at radius 3 is 1.69 bits per heavy atom. The summed E-state index contributed by atoms with van der Waals surface area (Å²) < 4.78 is 2.62. The zero-order valence-electron chi connectivity index (χ0n) is 34.9. The minimum Gasteiger partial charge on any atom is -0.295 e. The van der Waals surface area contributed by atoms with Crippen molar-refractivity contribution in [3.63, 3.8) is 0 Å². The summed E-state index contributed by atoms with van der Waals surface area (Å²) in [5.74, 6) is 0.897. The van der Waals surface area contributed by atoms with E-state index in [0.717, 1.165) is 17.1 Å². The van der Waals surface area contributed by atoms with E-state index in [4.69, 9.17) is 9.97 Å². The monoisotopic (exact) mass is 867 g/mol. The lowest BCUT2D eigenvalue weighted by Crippen LogP contribution is -2.78. The molecule has 302 valence electrons. The molecular formula is C58H41N3SSi2. The molecule has 0 saturated carbocycles. The smallest absolute Gasteiger partial charge is 0.184 e. The highest BCUT2D eigenvalue weighted by molar-refractivity contribution is 7.32. The number of hydrogen-bond donors (Lipinski definition) is 0. The molecule has 8 aromatic carbocycles. The van der Waals surface area contributed by atoms with Crippen LogP contribution in [-0.2, 0) is 0 Å². The second-order valence-corrected chi connectivity index (χ2v) is 24.9. The molecule has 1 aliphatic heterocycles. The number of benzene rings is 8. The van der Waals surface area contributed by atoms with E-state index in [1.807, 2.05) is 35.9 Å². The molecule has 0 bridgehead atoms. The summed E-state index contributed by atoms with van der Waals surface area (Å²) in [6.07, 6.45) is 3.83. The summed E-state index contributed by atoms with van der Waals surface area (Å²) in [6, 6.07) is 88.2. The first kappa shape index (κ1) is 38.2. The van der Waals surface area contributed by atoms with Crippen molar-refractivity contribution in [1.29, 1.82) is 0 Å². The summed E-state index contributed by atoms with van der Waals surface area (Å²) in [5.41, 5.74) is 4.43. The van der Waals surface area contributed by atoms with Crippen molar-refractivity contribution in [2.24, 2.45) is 0 Å². The van der Waals surface area contributed by atoms with Crippen LogP contribution in [0, 0.1) is 0 Å². The van der Waals surface area contributed by atoms with E-state index in [0.29, 0.717) is 0 Å². The predicted octanol–water partition coefficient (Wildman–Crippen LogP) is 9.05. The van der Waals surface area contributed by atoms with E-state index in [2.05, 4.69) is 229 Å². The maximum atomic E-state index is 5.18. The molecule has 4 heterocycles. The molecule has 0 N–H and O–H groups in total. The maximum absolute atomic E-state index is 5.18. The summed E-state index contributed by atoms with van der Waals surface area (Å²) in [5, 5.41) is 13.4. The highest BCUT2D eigenvalue weighted by Crippen LogP contribution is 2.43. The van der Waals surface area contributed by atoms with Gasteiger partial charge in [-0.25, -0.2) is 4.98 Å². The van der Waals surface area contributed by atoms with Crippen LogP contribution in [0.2, 0.25) is 0 Å². The average Bonchev–Trinajstić information content (AvgIpc) is 3.77. The summed E-state index contributed by atoms with van der Waals surface area (Å²) in [6.45, 7) is 0. The molecule has 12 rings (SSSR count). The first-order valence-corrected chi connectivity index (χ1v) is 26.6. The Labute approximate surface area is 379 Å². The first-order chi connectivity index (χ1) is 31.8. The van der Waals surface area contributed by atoms with Crippen molar-refractivity contribution < 1.29 is 0 Å². The Morgan fingerprint density at radius 2 is 1.03 bits per heavy atom. The van der Waals surface area contributed by atoms with E-state index in [1.165, 1.54) is 73.0 Å². The standard InChI is InChI=1S/C58H41N3SSi2/c1-5-23-43(24-6-1)63(44-25-7-2-8-26-44,47-31-21-22-42(40-47)49-33-17-19-38-59-49)54-41-51-58(56-48-32-13-15-35-52(48)62-57(54)56)64(45-27-9-3-10-28-45,46-29-11-4-12-30-46)53-36-16-14-34-50(53)61(51)55-37-18-20-39-60-55/h1-41H. The largest absolute Gasteiger partial charge is 0.295 e. The molecule has 0 amide bonds. The number of thiophene rings is 1. The normalized spacial score (nSPS) is 13.1. The minimum absolute atomic E-state index is 0.897. The number of rotatable bonds is 8. The lowest BCUT2D eigenvalue weighted by molar-refractivity contribution is 1.19. The third-order valence-electron chi connectivity index (χ3n) is 13.2. The highest BCUT2D eigenvalue weighted by Gasteiger charge is 2.52. The predicted molar refractivity (Wildman–Crippen MR) is 276 cm³/mol. The van der Waals surface area contributed by atoms with Gasteiger partial charge >= 0.3 is 0 Å². The van der Waals surface area contributed by atoms with Gasteiger partial charge in [-0.1, -0.05) is 194 Å². The molecule has 1 aliphatic rings. The van der Waals surface area contributed by atoms with Crippen LogP contribution in [0.4, 0.5) is 17.2 Å². The zero-order valence-corrected chi connectivity index (χ0v) is 37.7. The van der Waals surface area contributed by atoms with Gasteiger partial charge in [-0.3, -0.25) is 9.88 Å². The second kappa shape index (κ2) is 15.7. The van der Waals surface area contributed by atoms with Crippen molar-refractivity contribution in [2.75, 3.05) is 4.90 Å². The maximum Gasteiger partial charge on any atom is 0.184 e. The van der Waals surface area contributed by atoms with Crippen LogP contribution in [0.1, 0.15) is 0 Å². The molecule has 0 radical (unpaired) electrons. The topological polar surface area (TPSA) is 29.0 Å². The minimum atomic E-state index is -3.23. The number of fused-ring (bicyclic) bond motifs is 6. The van der Waals surface area contributed by atoms with Gasteiger partial charge in [0.25, 0.3) is 0 Å². The molecular weight excluding hydrogens is 827 g/mol. The van der Waals surface area contributed by atoms with Gasteiger partial charge in [-0.15, -0.1) is 11.3 Å². The molecule has 0 unspecified atom stereocenters. The van der Waals surface area contributed by atoms with Gasteiger partial charge in [0, 0.05) is 49.5 Å². The fourth-order valence-electron chi connectivity index (χ4n) is 10.6. The Balaban J connectivity index is 1.34. The second-order valence-electron chi connectivity index (χ2n) is 16.4. The average molecular weight is 868 g/mol. The van der Waals surface area contributed by atoms with E-state index < -0.39 is 16.1 Å². The van der Waals surface area contributed by atoms with Crippen LogP contribution in [0.5, 0.6) is 0 Å². The molecule has 3 nitrogen and oxygen atoms in total. The molecule has 0 spiro atoms. The Morgan fingerprint density at radius 1 is 0.453 bits per heavy atom. The number of anilines is 3. The molecule has 11 aromatic rings. The fraction of sp³-hybridized carbons (Fsp3) is 0. The lowest BCUT2D eigenvalue weighted by Gasteiger charge is -2.46. The van der Waals surface area contributed by atoms with E-state index in [-0.39, 0.29) is 0 Å². The number of pyridine rings is 2. The van der Waals surface area contributed by atoms with Crippen molar-refractivity contribution in [2.45, 2.75) is 0 Å². The van der Waals surface area contributed by atoms with Crippen molar-refractivity contribution in [1.82, 2.24) is 9.97 Å². The molecule has 0 atom stereocenters. The lowest BCUT2D eigenvalue weighted by atomic mass is 10.1. The third kappa shape index (κ3) is 5.77. The van der Waals surface area contributed by atoms with Gasteiger partial charge in [0.1, 0.15) is 5.82 Å². The molecule has 0 fully saturated rings. The molecule has 64 heavy (non-hydrogen) atoms. The Bertz CT molecular complexity index is 3360. The van der Waals surface area contributed by atoms with E-state index in [9.17, 15) is 0 Å². The van der Waals surface area contributed by atoms with Crippen molar-refractivity contribution >= 4 is 106 Å². The van der Waals surface area contributed by atoms with Gasteiger partial charge in [0.05, 0.1) is 5.69 Å². The van der Waals surface area contributed by atoms with Gasteiger partial charge in [0.15, 0.2) is 16.1 Å². The van der Waals surface area contributed by atoms with E-state index in [1.54, 1.807) is 0 Å². The van der Waals surface area contributed by atoms with Crippen LogP contribution < -0.4 is 46.4 Å². The van der Waals surface area contributed by atoms with Crippen LogP contribution in [0.15, 0.2) is 249 Å². The molecule has 0 aliphatic carbocycles. The molecule has 3 aromatic heterocycles. The third-order valence-corrected chi connectivity index (χ3v) is 24.2. The number of hydrogen-bond acceptors (Lipinski definition) is 4. The van der Waals surface area contributed by atoms with Crippen molar-refractivity contribution in [3.8, 4) is 11.3 Å². The van der Waals surface area contributed by atoms with Gasteiger partial charge < -0.3 is 0 Å². The Kier molecular flexibility index (Phi) is 9.37. The quantitative estimate of drug-likeness (QED) is 0.113. The van der Waals surface area contributed by atoms with Gasteiger partial charge in [0.2, 0.25) is 0 Å². The van der Waals surface area contributed by atoms with Crippen LogP contribution in [0.25, 0.3) is 31.4 Å². The first-order valence-electron chi connectivity index (χ1n) is 21.8. The number of nitrogens with zero attached hydrogens (tertiary/aromatic N) is 3. The Hall–Kier alpha value is -7.49. The van der Waals surface area contributed by atoms with Crippen LogP contribution >= 0.6 is 11.3 Å². The SMILES string of the molecule is c1ccc([Si](c2ccccc2)(c2cccc(-c3ccccn3)c2)c2cc3c(c4c2sc2ccccc24)[Si](c2ccccc2)(c2ccccc2)c2ccccc2N3c2ccccn2)cc1. The zero-order chi connectivity index (χ0) is 42.5. The summed E-state index contributed by atoms with van der Waals surface area (Å²) >= 11 is 1.95. The summed E-state index contributed by atoms with van der Waals surface area (Å²) in [4.78, 5) is 12.5.